The summed E-state index contributed by atoms with van der Waals surface area (Å²) < 4.78 is 0. The lowest BCUT2D eigenvalue weighted by Gasteiger charge is -2.18. The van der Waals surface area contributed by atoms with E-state index >= 15 is 0 Å². The number of hydrazine groups is 1. The van der Waals surface area contributed by atoms with Gasteiger partial charge in [-0.3, -0.25) is 4.79 Å². The Labute approximate surface area is 118 Å². The van der Waals surface area contributed by atoms with Gasteiger partial charge >= 0.3 is 0 Å². The van der Waals surface area contributed by atoms with E-state index < -0.39 is 0 Å². The number of hydrogen-bond donors (Lipinski definition) is 2. The first-order valence-electron chi connectivity index (χ1n) is 6.78. The molecule has 0 saturated heterocycles. The van der Waals surface area contributed by atoms with Gasteiger partial charge in [-0.25, -0.2) is 10.8 Å². The third-order valence-electron chi connectivity index (χ3n) is 3.36. The normalized spacial score (nSPS) is 10.6. The van der Waals surface area contributed by atoms with Gasteiger partial charge in [-0.1, -0.05) is 37.6 Å². The third-order valence-corrected chi connectivity index (χ3v) is 3.36. The first kappa shape index (κ1) is 14.3. The van der Waals surface area contributed by atoms with Crippen molar-refractivity contribution in [2.75, 3.05) is 19.0 Å². The van der Waals surface area contributed by atoms with Gasteiger partial charge < -0.3 is 10.3 Å². The summed E-state index contributed by atoms with van der Waals surface area (Å²) >= 11 is 0. The zero-order valence-electron chi connectivity index (χ0n) is 11.9. The predicted molar refractivity (Wildman–Crippen MR) is 81.4 cm³/mol. The van der Waals surface area contributed by atoms with Crippen LogP contribution in [0.1, 0.15) is 30.1 Å². The molecule has 0 atom stereocenters. The molecule has 5 heteroatoms. The van der Waals surface area contributed by atoms with Gasteiger partial charge in [-0.05, 0) is 11.8 Å². The average molecular weight is 272 g/mol. The Morgan fingerprint density at radius 1 is 1.35 bits per heavy atom. The molecule has 2 rings (SSSR count). The number of carbonyl (C=O) groups is 1. The number of rotatable bonds is 5. The molecule has 0 aliphatic carbocycles. The number of amides is 1. The lowest BCUT2D eigenvalue weighted by Crippen LogP contribution is -2.28. The van der Waals surface area contributed by atoms with E-state index in [0.717, 1.165) is 30.2 Å². The summed E-state index contributed by atoms with van der Waals surface area (Å²) in [5, 5.41) is 1.72. The zero-order chi connectivity index (χ0) is 14.5. The lowest BCUT2D eigenvalue weighted by molar-refractivity contribution is 0.0795. The van der Waals surface area contributed by atoms with E-state index in [2.05, 4.69) is 17.3 Å². The highest BCUT2D eigenvalue weighted by Crippen LogP contribution is 2.24. The summed E-state index contributed by atoms with van der Waals surface area (Å²) in [6, 6.07) is 7.63. The van der Waals surface area contributed by atoms with E-state index in [1.807, 2.05) is 31.3 Å². The van der Waals surface area contributed by atoms with Gasteiger partial charge in [0.2, 0.25) is 0 Å². The molecular formula is C15H20N4O. The van der Waals surface area contributed by atoms with Crippen molar-refractivity contribution in [3.8, 4) is 0 Å². The van der Waals surface area contributed by atoms with Crippen LogP contribution in [-0.4, -0.2) is 29.4 Å². The molecule has 1 heterocycles. The number of carbonyl (C=O) groups excluding carboxylic acids is 1. The van der Waals surface area contributed by atoms with E-state index in [1.54, 1.807) is 11.1 Å². The van der Waals surface area contributed by atoms with Crippen molar-refractivity contribution in [3.63, 3.8) is 0 Å². The molecule has 0 bridgehead atoms. The van der Waals surface area contributed by atoms with Gasteiger partial charge in [0.1, 0.15) is 5.82 Å². The zero-order valence-corrected chi connectivity index (χ0v) is 11.9. The van der Waals surface area contributed by atoms with Crippen LogP contribution in [0.5, 0.6) is 0 Å². The number of nitrogens with one attached hydrogen (secondary N) is 1. The van der Waals surface area contributed by atoms with Gasteiger partial charge in [0.05, 0.1) is 5.56 Å². The van der Waals surface area contributed by atoms with E-state index in [1.165, 1.54) is 0 Å². The SMILES string of the molecule is CCCCN(C)C(=O)c1cnc(NN)c2ccccc12. The fraction of sp³-hybridized carbons (Fsp3) is 0.333. The maximum Gasteiger partial charge on any atom is 0.255 e. The number of fused-ring (bicyclic) bond motifs is 1. The van der Waals surface area contributed by atoms with Gasteiger partial charge in [-0.2, -0.15) is 0 Å². The smallest absolute Gasteiger partial charge is 0.255 e. The molecule has 1 aromatic carbocycles. The topological polar surface area (TPSA) is 71.2 Å². The summed E-state index contributed by atoms with van der Waals surface area (Å²) in [7, 11) is 1.82. The van der Waals surface area contributed by atoms with Crippen LogP contribution in [0.2, 0.25) is 0 Å². The second kappa shape index (κ2) is 6.34. The van der Waals surface area contributed by atoms with Crippen LogP contribution in [0.25, 0.3) is 10.8 Å². The maximum atomic E-state index is 12.5. The number of nitrogen functional groups attached to an aromatic ring is 1. The van der Waals surface area contributed by atoms with Gasteiger partial charge in [0, 0.05) is 25.2 Å². The van der Waals surface area contributed by atoms with Gasteiger partial charge in [0.15, 0.2) is 0 Å². The molecule has 20 heavy (non-hydrogen) atoms. The van der Waals surface area contributed by atoms with Crippen molar-refractivity contribution in [2.24, 2.45) is 5.84 Å². The molecule has 1 aromatic heterocycles. The highest BCUT2D eigenvalue weighted by atomic mass is 16.2. The van der Waals surface area contributed by atoms with Gasteiger partial charge in [0.25, 0.3) is 5.91 Å². The first-order valence-corrected chi connectivity index (χ1v) is 6.78. The van der Waals surface area contributed by atoms with Crippen molar-refractivity contribution in [1.29, 1.82) is 0 Å². The summed E-state index contributed by atoms with van der Waals surface area (Å²) in [6.07, 6.45) is 3.64. The minimum Gasteiger partial charge on any atom is -0.342 e. The number of nitrogens with two attached hydrogens (primary N) is 1. The molecule has 0 unspecified atom stereocenters. The Bertz CT molecular complexity index is 612. The Morgan fingerprint density at radius 3 is 2.70 bits per heavy atom. The number of unbranched alkanes of at least 4 members (excludes halogenated alkanes) is 1. The Balaban J connectivity index is 2.42. The highest BCUT2D eigenvalue weighted by Gasteiger charge is 2.16. The lowest BCUT2D eigenvalue weighted by atomic mass is 10.1. The Hall–Kier alpha value is -2.14. The maximum absolute atomic E-state index is 12.5. The number of nitrogens with zero attached hydrogens (tertiary/aromatic N) is 2. The summed E-state index contributed by atoms with van der Waals surface area (Å²) in [5.41, 5.74) is 3.17. The van der Waals surface area contributed by atoms with Crippen LogP contribution in [0, 0.1) is 0 Å². The number of hydrogen-bond acceptors (Lipinski definition) is 4. The molecule has 5 nitrogen and oxygen atoms in total. The highest BCUT2D eigenvalue weighted by molar-refractivity contribution is 6.09. The second-order valence-electron chi connectivity index (χ2n) is 4.79. The summed E-state index contributed by atoms with van der Waals surface area (Å²) in [5.74, 6) is 6.03. The Morgan fingerprint density at radius 2 is 2.05 bits per heavy atom. The van der Waals surface area contributed by atoms with Crippen molar-refractivity contribution < 1.29 is 4.79 Å². The van der Waals surface area contributed by atoms with Crippen LogP contribution in [0.4, 0.5) is 5.82 Å². The minimum absolute atomic E-state index is 0.00859. The van der Waals surface area contributed by atoms with E-state index in [0.29, 0.717) is 11.4 Å². The van der Waals surface area contributed by atoms with Crippen LogP contribution < -0.4 is 11.3 Å². The predicted octanol–water partition coefficient (Wildman–Crippen LogP) is 2.39. The number of aromatic nitrogens is 1. The summed E-state index contributed by atoms with van der Waals surface area (Å²) in [4.78, 5) is 18.5. The van der Waals surface area contributed by atoms with Crippen molar-refractivity contribution >= 4 is 22.5 Å². The van der Waals surface area contributed by atoms with Crippen LogP contribution in [0.3, 0.4) is 0 Å². The van der Waals surface area contributed by atoms with E-state index in [4.69, 9.17) is 5.84 Å². The molecule has 2 aromatic rings. The fourth-order valence-corrected chi connectivity index (χ4v) is 2.18. The van der Waals surface area contributed by atoms with E-state index in [9.17, 15) is 4.79 Å². The minimum atomic E-state index is -0.00859. The molecule has 0 radical (unpaired) electrons. The molecule has 3 N–H and O–H groups in total. The van der Waals surface area contributed by atoms with Crippen LogP contribution in [0.15, 0.2) is 30.5 Å². The molecule has 0 saturated carbocycles. The van der Waals surface area contributed by atoms with Crippen LogP contribution >= 0.6 is 0 Å². The fourth-order valence-electron chi connectivity index (χ4n) is 2.18. The van der Waals surface area contributed by atoms with Crippen molar-refractivity contribution in [2.45, 2.75) is 19.8 Å². The summed E-state index contributed by atoms with van der Waals surface area (Å²) in [6.45, 7) is 2.86. The average Bonchev–Trinajstić information content (AvgIpc) is 2.50. The number of pyridine rings is 1. The largest absolute Gasteiger partial charge is 0.342 e. The number of anilines is 1. The first-order chi connectivity index (χ1) is 9.69. The van der Waals surface area contributed by atoms with Gasteiger partial charge in [-0.15, -0.1) is 0 Å². The molecule has 0 aliphatic rings. The van der Waals surface area contributed by atoms with Crippen LogP contribution in [-0.2, 0) is 0 Å². The molecule has 0 spiro atoms. The molecule has 0 aliphatic heterocycles. The second-order valence-corrected chi connectivity index (χ2v) is 4.79. The van der Waals surface area contributed by atoms with Crippen molar-refractivity contribution in [3.05, 3.63) is 36.0 Å². The molecular weight excluding hydrogens is 252 g/mol. The third kappa shape index (κ3) is 2.72. The molecule has 0 fully saturated rings. The molecule has 106 valence electrons. The van der Waals surface area contributed by atoms with E-state index in [-0.39, 0.29) is 5.91 Å². The molecule has 1 amide bonds. The van der Waals surface area contributed by atoms with Crippen molar-refractivity contribution in [1.82, 2.24) is 9.88 Å². The number of benzene rings is 1. The monoisotopic (exact) mass is 272 g/mol. The Kier molecular flexibility index (Phi) is 4.53. The quantitative estimate of drug-likeness (QED) is 0.647. The standard InChI is InChI=1S/C15H20N4O/c1-3-4-9-19(2)15(20)13-10-17-14(18-16)12-8-6-5-7-11(12)13/h5-8,10H,3-4,9,16H2,1-2H3,(H,17,18).